The molecular weight excluding hydrogens is 306 g/mol. The summed E-state index contributed by atoms with van der Waals surface area (Å²) in [6.07, 6.45) is 1.58. The van der Waals surface area contributed by atoms with Crippen LogP contribution in [0, 0.1) is 0 Å². The molecule has 0 bridgehead atoms. The molecule has 96 valence electrons. The number of halogens is 1. The van der Waals surface area contributed by atoms with Crippen molar-refractivity contribution >= 4 is 33.9 Å². The van der Waals surface area contributed by atoms with E-state index < -0.39 is 0 Å². The van der Waals surface area contributed by atoms with Crippen LogP contribution >= 0.6 is 15.9 Å². The number of urea groups is 1. The molecule has 2 aromatic rings. The van der Waals surface area contributed by atoms with Crippen LogP contribution in [0.5, 0.6) is 0 Å². The average Bonchev–Trinajstić information content (AvgIpc) is 2.42. The van der Waals surface area contributed by atoms with Crippen molar-refractivity contribution in [1.82, 2.24) is 5.43 Å². The number of hydrogen-bond acceptors (Lipinski definition) is 2. The van der Waals surface area contributed by atoms with E-state index in [9.17, 15) is 4.79 Å². The van der Waals surface area contributed by atoms with E-state index in [1.807, 2.05) is 42.5 Å². The zero-order valence-electron chi connectivity index (χ0n) is 10.0. The highest BCUT2D eigenvalue weighted by molar-refractivity contribution is 9.10. The summed E-state index contributed by atoms with van der Waals surface area (Å²) in [5.41, 5.74) is 4.03. The Morgan fingerprint density at radius 1 is 1.05 bits per heavy atom. The maximum atomic E-state index is 11.5. The quantitative estimate of drug-likeness (QED) is 0.659. The largest absolute Gasteiger partial charge is 0.339 e. The van der Waals surface area contributed by atoms with Crippen molar-refractivity contribution in [2.24, 2.45) is 5.10 Å². The molecule has 0 fully saturated rings. The van der Waals surface area contributed by atoms with Gasteiger partial charge in [-0.1, -0.05) is 46.3 Å². The number of hydrogen-bond donors (Lipinski definition) is 2. The summed E-state index contributed by atoms with van der Waals surface area (Å²) in [5, 5.41) is 6.53. The number of nitrogens with zero attached hydrogens (tertiary/aromatic N) is 1. The van der Waals surface area contributed by atoms with Crippen molar-refractivity contribution in [2.75, 3.05) is 5.32 Å². The Morgan fingerprint density at radius 3 is 2.42 bits per heavy atom. The molecule has 2 N–H and O–H groups in total. The maximum absolute atomic E-state index is 11.5. The summed E-state index contributed by atoms with van der Waals surface area (Å²) in [6, 6.07) is 16.4. The molecule has 0 unspecified atom stereocenters. The number of rotatable bonds is 3. The van der Waals surface area contributed by atoms with E-state index in [0.29, 0.717) is 0 Å². The van der Waals surface area contributed by atoms with Crippen LogP contribution in [-0.2, 0) is 0 Å². The molecule has 0 aliphatic heterocycles. The van der Waals surface area contributed by atoms with Gasteiger partial charge in [0.1, 0.15) is 0 Å². The van der Waals surface area contributed by atoms with Crippen molar-refractivity contribution in [3.8, 4) is 0 Å². The summed E-state index contributed by atoms with van der Waals surface area (Å²) in [7, 11) is 0. The molecule has 0 heterocycles. The van der Waals surface area contributed by atoms with E-state index in [4.69, 9.17) is 0 Å². The number of carbonyl (C=O) groups excluding carboxylic acids is 1. The smallest absolute Gasteiger partial charge is 0.307 e. The first kappa shape index (κ1) is 13.3. The molecule has 0 radical (unpaired) electrons. The second kappa shape index (κ2) is 6.70. The number of carbonyl (C=O) groups is 1. The van der Waals surface area contributed by atoms with E-state index in [2.05, 4.69) is 31.8 Å². The molecule has 2 amide bonds. The number of amides is 2. The van der Waals surface area contributed by atoms with Crippen LogP contribution in [0.25, 0.3) is 0 Å². The minimum Gasteiger partial charge on any atom is -0.307 e. The predicted molar refractivity (Wildman–Crippen MR) is 80.3 cm³/mol. The average molecular weight is 318 g/mol. The third-order valence-corrected chi connectivity index (χ3v) is 2.81. The Balaban J connectivity index is 1.85. The van der Waals surface area contributed by atoms with E-state index in [1.165, 1.54) is 0 Å². The monoisotopic (exact) mass is 317 g/mol. The standard InChI is InChI=1S/C14H12BrN3O/c15-12-8-6-11(7-9-12)10-16-18-14(19)17-13-4-2-1-3-5-13/h1-10H,(H2,17,18,19)/b16-10+. The Hall–Kier alpha value is -2.14. The molecule has 5 heteroatoms. The maximum Gasteiger partial charge on any atom is 0.339 e. The van der Waals surface area contributed by atoms with Crippen LogP contribution in [0.15, 0.2) is 64.2 Å². The van der Waals surface area contributed by atoms with Gasteiger partial charge < -0.3 is 5.32 Å². The Morgan fingerprint density at radius 2 is 1.74 bits per heavy atom. The highest BCUT2D eigenvalue weighted by atomic mass is 79.9. The highest BCUT2D eigenvalue weighted by Gasteiger charge is 1.97. The summed E-state index contributed by atoms with van der Waals surface area (Å²) in [6.45, 7) is 0. The van der Waals surface area contributed by atoms with Gasteiger partial charge in [-0.05, 0) is 29.8 Å². The number of nitrogens with one attached hydrogen (secondary N) is 2. The van der Waals surface area contributed by atoms with Gasteiger partial charge in [0, 0.05) is 10.2 Å². The summed E-state index contributed by atoms with van der Waals surface area (Å²) >= 11 is 3.35. The normalized spacial score (nSPS) is 10.4. The van der Waals surface area contributed by atoms with Gasteiger partial charge in [0.25, 0.3) is 0 Å². The van der Waals surface area contributed by atoms with Crippen LogP contribution in [0.4, 0.5) is 10.5 Å². The zero-order valence-corrected chi connectivity index (χ0v) is 11.6. The second-order valence-corrected chi connectivity index (χ2v) is 4.66. The SMILES string of the molecule is O=C(N/N=C/c1ccc(Br)cc1)Nc1ccccc1. The lowest BCUT2D eigenvalue weighted by atomic mass is 10.2. The summed E-state index contributed by atoms with van der Waals surface area (Å²) in [5.74, 6) is 0. The van der Waals surface area contributed by atoms with Gasteiger partial charge in [0.2, 0.25) is 0 Å². The van der Waals surface area contributed by atoms with Gasteiger partial charge in [-0.25, -0.2) is 10.2 Å². The van der Waals surface area contributed by atoms with Gasteiger partial charge >= 0.3 is 6.03 Å². The molecule has 0 saturated heterocycles. The molecular formula is C14H12BrN3O. The van der Waals surface area contributed by atoms with Gasteiger partial charge in [-0.3, -0.25) is 0 Å². The van der Waals surface area contributed by atoms with Crippen molar-refractivity contribution in [3.05, 3.63) is 64.6 Å². The molecule has 2 aromatic carbocycles. The van der Waals surface area contributed by atoms with Crippen molar-refractivity contribution in [2.45, 2.75) is 0 Å². The first-order valence-electron chi connectivity index (χ1n) is 5.65. The van der Waals surface area contributed by atoms with Gasteiger partial charge in [0.05, 0.1) is 6.21 Å². The molecule has 0 saturated carbocycles. The molecule has 19 heavy (non-hydrogen) atoms. The van der Waals surface area contributed by atoms with E-state index in [-0.39, 0.29) is 6.03 Å². The lowest BCUT2D eigenvalue weighted by Gasteiger charge is -2.03. The molecule has 4 nitrogen and oxygen atoms in total. The Labute approximate surface area is 119 Å². The Kier molecular flexibility index (Phi) is 4.69. The summed E-state index contributed by atoms with van der Waals surface area (Å²) < 4.78 is 0.999. The molecule has 0 aliphatic rings. The molecule has 0 atom stereocenters. The topological polar surface area (TPSA) is 53.5 Å². The van der Waals surface area contributed by atoms with Crippen molar-refractivity contribution in [3.63, 3.8) is 0 Å². The highest BCUT2D eigenvalue weighted by Crippen LogP contribution is 2.09. The number of hydrazone groups is 1. The fourth-order valence-electron chi connectivity index (χ4n) is 1.39. The fourth-order valence-corrected chi connectivity index (χ4v) is 1.66. The third kappa shape index (κ3) is 4.56. The minimum absolute atomic E-state index is 0.375. The fraction of sp³-hybridized carbons (Fsp3) is 0. The number of anilines is 1. The van der Waals surface area contributed by atoms with E-state index >= 15 is 0 Å². The third-order valence-electron chi connectivity index (χ3n) is 2.28. The van der Waals surface area contributed by atoms with Gasteiger partial charge in [-0.2, -0.15) is 5.10 Å². The van der Waals surface area contributed by atoms with E-state index in [0.717, 1.165) is 15.7 Å². The van der Waals surface area contributed by atoms with Crippen LogP contribution in [0.3, 0.4) is 0 Å². The van der Waals surface area contributed by atoms with Crippen LogP contribution in [-0.4, -0.2) is 12.2 Å². The van der Waals surface area contributed by atoms with Crippen LogP contribution in [0.1, 0.15) is 5.56 Å². The Bertz CT molecular complexity index is 567. The first-order valence-corrected chi connectivity index (χ1v) is 6.44. The number of benzene rings is 2. The van der Waals surface area contributed by atoms with Gasteiger partial charge in [-0.15, -0.1) is 0 Å². The van der Waals surface area contributed by atoms with Crippen LogP contribution in [0.2, 0.25) is 0 Å². The molecule has 0 aromatic heterocycles. The minimum atomic E-state index is -0.375. The lowest BCUT2D eigenvalue weighted by Crippen LogP contribution is -2.24. The molecule has 0 aliphatic carbocycles. The van der Waals surface area contributed by atoms with Crippen molar-refractivity contribution in [1.29, 1.82) is 0 Å². The van der Waals surface area contributed by atoms with Crippen molar-refractivity contribution < 1.29 is 4.79 Å². The van der Waals surface area contributed by atoms with Gasteiger partial charge in [0.15, 0.2) is 0 Å². The molecule has 0 spiro atoms. The second-order valence-electron chi connectivity index (χ2n) is 3.74. The van der Waals surface area contributed by atoms with Crippen LogP contribution < -0.4 is 10.7 Å². The lowest BCUT2D eigenvalue weighted by molar-refractivity contribution is 0.252. The summed E-state index contributed by atoms with van der Waals surface area (Å²) in [4.78, 5) is 11.5. The number of para-hydroxylation sites is 1. The molecule has 2 rings (SSSR count). The van der Waals surface area contributed by atoms with E-state index in [1.54, 1.807) is 18.3 Å². The predicted octanol–water partition coefficient (Wildman–Crippen LogP) is 3.60. The first-order chi connectivity index (χ1) is 9.24. The zero-order chi connectivity index (χ0) is 13.5.